The van der Waals surface area contributed by atoms with Crippen molar-refractivity contribution in [3.63, 3.8) is 0 Å². The zero-order chi connectivity index (χ0) is 13.7. The number of rotatable bonds is 1. The summed E-state index contributed by atoms with van der Waals surface area (Å²) in [4.78, 5) is 8.96. The van der Waals surface area contributed by atoms with E-state index in [2.05, 4.69) is 27.6 Å². The summed E-state index contributed by atoms with van der Waals surface area (Å²) in [6, 6.07) is 8.06. The Morgan fingerprint density at radius 1 is 1.15 bits per heavy atom. The predicted octanol–water partition coefficient (Wildman–Crippen LogP) is 2.59. The van der Waals surface area contributed by atoms with Crippen molar-refractivity contribution in [3.8, 4) is 11.4 Å². The first kappa shape index (κ1) is 11.2. The number of hydrogen-bond donors (Lipinski definition) is 0. The number of pyridine rings is 1. The van der Waals surface area contributed by atoms with Crippen molar-refractivity contribution in [1.82, 2.24) is 24.1 Å². The van der Waals surface area contributed by atoms with E-state index < -0.39 is 0 Å². The summed E-state index contributed by atoms with van der Waals surface area (Å²) >= 11 is 0. The van der Waals surface area contributed by atoms with Gasteiger partial charge >= 0.3 is 0 Å². The van der Waals surface area contributed by atoms with E-state index in [0.717, 1.165) is 33.6 Å². The Kier molecular flexibility index (Phi) is 2.18. The van der Waals surface area contributed by atoms with Crippen molar-refractivity contribution >= 4 is 16.7 Å². The van der Waals surface area contributed by atoms with Crippen LogP contribution < -0.4 is 0 Å². The maximum Gasteiger partial charge on any atom is 0.180 e. The fourth-order valence-electron chi connectivity index (χ4n) is 2.56. The van der Waals surface area contributed by atoms with Crippen LogP contribution >= 0.6 is 0 Å². The van der Waals surface area contributed by atoms with E-state index in [-0.39, 0.29) is 0 Å². The molecule has 0 N–H and O–H groups in total. The Hall–Kier alpha value is -2.69. The van der Waals surface area contributed by atoms with Crippen LogP contribution in [0.5, 0.6) is 0 Å². The number of aromatic nitrogens is 5. The molecule has 0 aliphatic rings. The van der Waals surface area contributed by atoms with Gasteiger partial charge in [-0.2, -0.15) is 5.10 Å². The smallest absolute Gasteiger partial charge is 0.180 e. The molecule has 4 heterocycles. The molecule has 5 heteroatoms. The molecular weight excluding hydrogens is 250 g/mol. The van der Waals surface area contributed by atoms with Crippen LogP contribution in [-0.4, -0.2) is 24.1 Å². The summed E-state index contributed by atoms with van der Waals surface area (Å²) in [5.74, 6) is 0.917. The van der Waals surface area contributed by atoms with Gasteiger partial charge in [-0.3, -0.25) is 4.98 Å². The normalized spacial score (nSPS) is 11.5. The molecule has 0 aliphatic carbocycles. The van der Waals surface area contributed by atoms with E-state index in [1.54, 1.807) is 12.4 Å². The maximum absolute atomic E-state index is 4.75. The third-order valence-corrected chi connectivity index (χ3v) is 3.66. The number of hydrogen-bond acceptors (Lipinski definition) is 3. The summed E-state index contributed by atoms with van der Waals surface area (Å²) in [6.07, 6.45) is 5.43. The number of aryl methyl sites for hydroxylation is 2. The van der Waals surface area contributed by atoms with Gasteiger partial charge in [0.05, 0.1) is 11.0 Å². The average Bonchev–Trinajstić information content (AvgIpc) is 2.97. The molecule has 0 bridgehead atoms. The molecule has 0 fully saturated rings. The molecule has 0 spiro atoms. The molecule has 0 atom stereocenters. The summed E-state index contributed by atoms with van der Waals surface area (Å²) in [5.41, 5.74) is 5.22. The number of imidazole rings is 1. The molecule has 4 aromatic heterocycles. The summed E-state index contributed by atoms with van der Waals surface area (Å²) < 4.78 is 3.96. The van der Waals surface area contributed by atoms with Crippen molar-refractivity contribution in [2.75, 3.05) is 0 Å². The van der Waals surface area contributed by atoms with E-state index in [1.165, 1.54) is 0 Å². The molecule has 0 unspecified atom stereocenters. The fourth-order valence-corrected chi connectivity index (χ4v) is 2.56. The Balaban J connectivity index is 2.07. The van der Waals surface area contributed by atoms with Crippen LogP contribution in [0, 0.1) is 6.92 Å². The lowest BCUT2D eigenvalue weighted by Gasteiger charge is -2.04. The second-order valence-corrected chi connectivity index (χ2v) is 4.90. The van der Waals surface area contributed by atoms with E-state index >= 15 is 0 Å². The van der Waals surface area contributed by atoms with E-state index in [4.69, 9.17) is 4.98 Å². The van der Waals surface area contributed by atoms with Gasteiger partial charge in [-0.05, 0) is 36.8 Å². The first-order valence-electron chi connectivity index (χ1n) is 6.46. The minimum atomic E-state index is 0.876. The van der Waals surface area contributed by atoms with Crippen molar-refractivity contribution in [2.45, 2.75) is 6.92 Å². The highest BCUT2D eigenvalue weighted by molar-refractivity contribution is 5.84. The highest BCUT2D eigenvalue weighted by Gasteiger charge is 2.15. The molecule has 4 rings (SSSR count). The minimum absolute atomic E-state index is 0.876. The van der Waals surface area contributed by atoms with Crippen molar-refractivity contribution in [2.24, 2.45) is 7.05 Å². The van der Waals surface area contributed by atoms with Gasteiger partial charge in [0.1, 0.15) is 5.82 Å². The molecule has 98 valence electrons. The zero-order valence-corrected chi connectivity index (χ0v) is 11.3. The van der Waals surface area contributed by atoms with Crippen molar-refractivity contribution in [3.05, 3.63) is 48.4 Å². The quantitative estimate of drug-likeness (QED) is 0.530. The SMILES string of the molecule is Cc1ccncc1-c1nc2c(cc3cccnn32)n1C. The van der Waals surface area contributed by atoms with Crippen LogP contribution in [-0.2, 0) is 7.05 Å². The summed E-state index contributed by atoms with van der Waals surface area (Å²) in [7, 11) is 2.02. The van der Waals surface area contributed by atoms with Gasteiger partial charge in [-0.15, -0.1) is 0 Å². The highest BCUT2D eigenvalue weighted by atomic mass is 15.3. The van der Waals surface area contributed by atoms with Gasteiger partial charge in [0.25, 0.3) is 0 Å². The van der Waals surface area contributed by atoms with Crippen LogP contribution in [0.4, 0.5) is 0 Å². The monoisotopic (exact) mass is 263 g/mol. The van der Waals surface area contributed by atoms with Crippen LogP contribution in [0.1, 0.15) is 5.56 Å². The first-order chi connectivity index (χ1) is 9.75. The molecule has 0 saturated carbocycles. The van der Waals surface area contributed by atoms with Gasteiger partial charge in [-0.1, -0.05) is 0 Å². The molecule has 0 aliphatic heterocycles. The van der Waals surface area contributed by atoms with E-state index in [1.807, 2.05) is 36.0 Å². The second kappa shape index (κ2) is 3.90. The Morgan fingerprint density at radius 3 is 2.90 bits per heavy atom. The van der Waals surface area contributed by atoms with E-state index in [0.29, 0.717) is 0 Å². The third-order valence-electron chi connectivity index (χ3n) is 3.66. The van der Waals surface area contributed by atoms with Gasteiger partial charge in [0.15, 0.2) is 5.65 Å². The van der Waals surface area contributed by atoms with Crippen molar-refractivity contribution < 1.29 is 0 Å². The first-order valence-corrected chi connectivity index (χ1v) is 6.46. The Labute approximate surface area is 115 Å². The average molecular weight is 263 g/mol. The lowest BCUT2D eigenvalue weighted by molar-refractivity contribution is 0.946. The Bertz CT molecular complexity index is 932. The van der Waals surface area contributed by atoms with Crippen LogP contribution in [0.3, 0.4) is 0 Å². The van der Waals surface area contributed by atoms with Crippen LogP contribution in [0.15, 0.2) is 42.9 Å². The Morgan fingerprint density at radius 2 is 2.05 bits per heavy atom. The lowest BCUT2D eigenvalue weighted by atomic mass is 10.1. The summed E-state index contributed by atoms with van der Waals surface area (Å²) in [5, 5.41) is 4.37. The van der Waals surface area contributed by atoms with E-state index in [9.17, 15) is 0 Å². The largest absolute Gasteiger partial charge is 0.326 e. The highest BCUT2D eigenvalue weighted by Crippen LogP contribution is 2.27. The van der Waals surface area contributed by atoms with Gasteiger partial charge in [-0.25, -0.2) is 9.50 Å². The molecule has 0 saturated heterocycles. The molecular formula is C15H13N5. The second-order valence-electron chi connectivity index (χ2n) is 4.90. The van der Waals surface area contributed by atoms with Gasteiger partial charge < -0.3 is 4.57 Å². The minimum Gasteiger partial charge on any atom is -0.326 e. The molecule has 20 heavy (non-hydrogen) atoms. The third kappa shape index (κ3) is 1.40. The molecule has 4 aromatic rings. The predicted molar refractivity (Wildman–Crippen MR) is 77.4 cm³/mol. The molecule has 0 amide bonds. The number of nitrogens with zero attached hydrogens (tertiary/aromatic N) is 5. The molecule has 5 nitrogen and oxygen atoms in total. The van der Waals surface area contributed by atoms with Crippen LogP contribution in [0.25, 0.3) is 28.1 Å². The lowest BCUT2D eigenvalue weighted by Crippen LogP contribution is -1.95. The van der Waals surface area contributed by atoms with Crippen molar-refractivity contribution in [1.29, 1.82) is 0 Å². The fraction of sp³-hybridized carbons (Fsp3) is 0.133. The molecule has 0 radical (unpaired) electrons. The van der Waals surface area contributed by atoms with Gasteiger partial charge in [0, 0.05) is 31.2 Å². The van der Waals surface area contributed by atoms with Gasteiger partial charge in [0.2, 0.25) is 0 Å². The topological polar surface area (TPSA) is 48.0 Å². The molecule has 0 aromatic carbocycles. The zero-order valence-electron chi connectivity index (χ0n) is 11.3. The summed E-state index contributed by atoms with van der Waals surface area (Å²) in [6.45, 7) is 2.07. The maximum atomic E-state index is 4.75. The van der Waals surface area contributed by atoms with Crippen LogP contribution in [0.2, 0.25) is 0 Å². The number of fused-ring (bicyclic) bond motifs is 3. The standard InChI is InChI=1S/C15H13N5/c1-10-5-7-16-9-12(10)14-18-15-13(19(14)2)8-11-4-3-6-17-20(11)15/h3-9H,1-2H3.